The van der Waals surface area contributed by atoms with Crippen LogP contribution in [-0.2, 0) is 4.74 Å². The van der Waals surface area contributed by atoms with E-state index in [9.17, 15) is 0 Å². The highest BCUT2D eigenvalue weighted by atomic mass is 16.5. The summed E-state index contributed by atoms with van der Waals surface area (Å²) in [6, 6.07) is 1.39. The average Bonchev–Trinajstić information content (AvgIpc) is 2.79. The number of morpholine rings is 1. The molecule has 2 aliphatic heterocycles. The minimum absolute atomic E-state index is 0.614. The number of nitrogens with zero attached hydrogens (tertiary/aromatic N) is 2. The maximum absolute atomic E-state index is 5.42. The second-order valence-electron chi connectivity index (χ2n) is 5.31. The largest absolute Gasteiger partial charge is 0.379 e. The van der Waals surface area contributed by atoms with E-state index in [1.807, 2.05) is 0 Å². The molecule has 2 atom stereocenters. The Morgan fingerprint density at radius 3 is 2.76 bits per heavy atom. The van der Waals surface area contributed by atoms with Crippen molar-refractivity contribution < 1.29 is 4.74 Å². The molecular formula is C13H27N3O. The average molecular weight is 241 g/mol. The molecule has 2 fully saturated rings. The van der Waals surface area contributed by atoms with Crippen LogP contribution in [0.5, 0.6) is 0 Å². The Hall–Kier alpha value is -0.160. The van der Waals surface area contributed by atoms with E-state index in [1.54, 1.807) is 0 Å². The van der Waals surface area contributed by atoms with Gasteiger partial charge in [0, 0.05) is 38.3 Å². The molecule has 0 aliphatic carbocycles. The van der Waals surface area contributed by atoms with Crippen molar-refractivity contribution in [3.05, 3.63) is 0 Å². The van der Waals surface area contributed by atoms with Gasteiger partial charge in [-0.15, -0.1) is 0 Å². The Morgan fingerprint density at radius 2 is 2.06 bits per heavy atom. The van der Waals surface area contributed by atoms with Crippen molar-refractivity contribution in [2.75, 3.05) is 52.5 Å². The summed E-state index contributed by atoms with van der Waals surface area (Å²) < 4.78 is 5.42. The number of likely N-dealkylation sites (tertiary alicyclic amines) is 1. The van der Waals surface area contributed by atoms with Crippen molar-refractivity contribution in [1.29, 1.82) is 0 Å². The van der Waals surface area contributed by atoms with Crippen LogP contribution in [0.4, 0.5) is 0 Å². The first-order chi connectivity index (χ1) is 8.29. The van der Waals surface area contributed by atoms with Crippen LogP contribution >= 0.6 is 0 Å². The number of hydrogen-bond donors (Lipinski definition) is 1. The van der Waals surface area contributed by atoms with E-state index in [0.717, 1.165) is 38.9 Å². The Balaban J connectivity index is 1.71. The zero-order valence-corrected chi connectivity index (χ0v) is 11.3. The molecule has 0 aromatic heterocycles. The number of likely N-dealkylation sites (N-methyl/N-ethyl adjacent to an activating group) is 1. The minimum Gasteiger partial charge on any atom is -0.379 e. The summed E-state index contributed by atoms with van der Waals surface area (Å²) in [5, 5.41) is 3.49. The lowest BCUT2D eigenvalue weighted by atomic mass is 10.2. The van der Waals surface area contributed by atoms with Gasteiger partial charge >= 0.3 is 0 Å². The molecule has 0 amide bonds. The predicted octanol–water partition coefficient (Wildman–Crippen LogP) is 0.391. The van der Waals surface area contributed by atoms with E-state index in [1.165, 1.54) is 26.1 Å². The van der Waals surface area contributed by atoms with Gasteiger partial charge in [-0.1, -0.05) is 6.92 Å². The van der Waals surface area contributed by atoms with E-state index < -0.39 is 0 Å². The first-order valence-electron chi connectivity index (χ1n) is 7.07. The van der Waals surface area contributed by atoms with Crippen LogP contribution in [-0.4, -0.2) is 74.4 Å². The molecule has 2 unspecified atom stereocenters. The zero-order chi connectivity index (χ0) is 12.1. The highest BCUT2D eigenvalue weighted by Crippen LogP contribution is 2.16. The van der Waals surface area contributed by atoms with Gasteiger partial charge in [-0.3, -0.25) is 4.90 Å². The number of ether oxygens (including phenoxy) is 1. The maximum Gasteiger partial charge on any atom is 0.0594 e. The first-order valence-corrected chi connectivity index (χ1v) is 7.07. The van der Waals surface area contributed by atoms with Crippen molar-refractivity contribution in [2.24, 2.45) is 0 Å². The Labute approximate surface area is 105 Å². The molecule has 2 heterocycles. The number of rotatable bonds is 5. The van der Waals surface area contributed by atoms with Crippen LogP contribution in [0.25, 0.3) is 0 Å². The van der Waals surface area contributed by atoms with Crippen LogP contribution in [0.1, 0.15) is 20.3 Å². The van der Waals surface area contributed by atoms with Gasteiger partial charge in [0.1, 0.15) is 0 Å². The van der Waals surface area contributed by atoms with Crippen LogP contribution in [0.3, 0.4) is 0 Å². The molecule has 0 aromatic carbocycles. The van der Waals surface area contributed by atoms with Gasteiger partial charge in [0.05, 0.1) is 13.2 Å². The van der Waals surface area contributed by atoms with Gasteiger partial charge in [0.15, 0.2) is 0 Å². The van der Waals surface area contributed by atoms with Crippen LogP contribution in [0.15, 0.2) is 0 Å². The van der Waals surface area contributed by atoms with Gasteiger partial charge in [0.2, 0.25) is 0 Å². The Bertz CT molecular complexity index is 219. The molecule has 2 aliphatic rings. The van der Waals surface area contributed by atoms with Crippen molar-refractivity contribution in [1.82, 2.24) is 15.1 Å². The molecule has 2 rings (SSSR count). The lowest BCUT2D eigenvalue weighted by Crippen LogP contribution is -2.45. The summed E-state index contributed by atoms with van der Waals surface area (Å²) >= 11 is 0. The third-order valence-electron chi connectivity index (χ3n) is 3.89. The van der Waals surface area contributed by atoms with Crippen LogP contribution < -0.4 is 5.32 Å². The molecule has 0 bridgehead atoms. The second kappa shape index (κ2) is 6.69. The molecule has 0 saturated carbocycles. The Kier molecular flexibility index (Phi) is 5.22. The molecule has 4 heteroatoms. The fourth-order valence-electron chi connectivity index (χ4n) is 3.02. The summed E-state index contributed by atoms with van der Waals surface area (Å²) in [4.78, 5) is 5.22. The summed E-state index contributed by atoms with van der Waals surface area (Å²) in [7, 11) is 0. The monoisotopic (exact) mass is 241 g/mol. The molecule has 1 N–H and O–H groups in total. The highest BCUT2D eigenvalue weighted by Gasteiger charge is 2.28. The van der Waals surface area contributed by atoms with Gasteiger partial charge in [-0.05, 0) is 26.4 Å². The smallest absolute Gasteiger partial charge is 0.0594 e. The molecule has 2 saturated heterocycles. The lowest BCUT2D eigenvalue weighted by molar-refractivity contribution is 0.0184. The topological polar surface area (TPSA) is 27.7 Å². The molecule has 0 spiro atoms. The van der Waals surface area contributed by atoms with Gasteiger partial charge in [-0.25, -0.2) is 0 Å². The highest BCUT2D eigenvalue weighted by molar-refractivity contribution is 4.85. The predicted molar refractivity (Wildman–Crippen MR) is 70.4 cm³/mol. The normalized spacial score (nSPS) is 29.6. The van der Waals surface area contributed by atoms with Gasteiger partial charge in [-0.2, -0.15) is 0 Å². The third-order valence-corrected chi connectivity index (χ3v) is 3.89. The fourth-order valence-corrected chi connectivity index (χ4v) is 3.02. The second-order valence-corrected chi connectivity index (χ2v) is 5.31. The molecule has 0 aromatic rings. The summed E-state index contributed by atoms with van der Waals surface area (Å²) in [5.41, 5.74) is 0. The summed E-state index contributed by atoms with van der Waals surface area (Å²) in [5.74, 6) is 0. The van der Waals surface area contributed by atoms with Crippen molar-refractivity contribution in [3.63, 3.8) is 0 Å². The van der Waals surface area contributed by atoms with Crippen LogP contribution in [0.2, 0.25) is 0 Å². The molecular weight excluding hydrogens is 214 g/mol. The van der Waals surface area contributed by atoms with E-state index in [0.29, 0.717) is 6.04 Å². The van der Waals surface area contributed by atoms with E-state index in [2.05, 4.69) is 29.0 Å². The van der Waals surface area contributed by atoms with Gasteiger partial charge < -0.3 is 15.0 Å². The number of nitrogens with one attached hydrogen (secondary N) is 1. The zero-order valence-electron chi connectivity index (χ0n) is 11.3. The van der Waals surface area contributed by atoms with Crippen molar-refractivity contribution >= 4 is 0 Å². The SMILES string of the molecule is CCNC(C)CN1CCC(N2CCOCC2)C1. The van der Waals surface area contributed by atoms with Crippen molar-refractivity contribution in [2.45, 2.75) is 32.4 Å². The van der Waals surface area contributed by atoms with Crippen molar-refractivity contribution in [3.8, 4) is 0 Å². The standard InChI is InChI=1S/C13H27N3O/c1-3-14-12(2)10-15-5-4-13(11-15)16-6-8-17-9-7-16/h12-14H,3-11H2,1-2H3. The molecule has 17 heavy (non-hydrogen) atoms. The maximum atomic E-state index is 5.42. The third kappa shape index (κ3) is 3.91. The molecule has 100 valence electrons. The van der Waals surface area contributed by atoms with Gasteiger partial charge in [0.25, 0.3) is 0 Å². The fraction of sp³-hybridized carbons (Fsp3) is 1.00. The van der Waals surface area contributed by atoms with E-state index in [-0.39, 0.29) is 0 Å². The summed E-state index contributed by atoms with van der Waals surface area (Å²) in [6.45, 7) is 13.3. The molecule has 4 nitrogen and oxygen atoms in total. The minimum atomic E-state index is 0.614. The number of hydrogen-bond acceptors (Lipinski definition) is 4. The van der Waals surface area contributed by atoms with Crippen LogP contribution in [0, 0.1) is 0 Å². The first kappa shape index (κ1) is 13.3. The Morgan fingerprint density at radius 1 is 1.29 bits per heavy atom. The van der Waals surface area contributed by atoms with E-state index >= 15 is 0 Å². The van der Waals surface area contributed by atoms with E-state index in [4.69, 9.17) is 4.74 Å². The lowest BCUT2D eigenvalue weighted by Gasteiger charge is -2.32. The molecule has 0 radical (unpaired) electrons. The summed E-state index contributed by atoms with van der Waals surface area (Å²) in [6.07, 6.45) is 1.33. The quantitative estimate of drug-likeness (QED) is 0.754.